The van der Waals surface area contributed by atoms with Gasteiger partial charge in [0, 0.05) is 17.7 Å². The number of alkyl halides is 3. The molecular formula is C14H13F3N2O5S. The molecule has 0 amide bonds. The summed E-state index contributed by atoms with van der Waals surface area (Å²) in [4.78, 5) is 9.87. The number of nitro benzene ring substituents is 1. The van der Waals surface area contributed by atoms with Gasteiger partial charge in [-0.2, -0.15) is 13.2 Å². The van der Waals surface area contributed by atoms with Gasteiger partial charge in [0.05, 0.1) is 27.6 Å². The number of sulfone groups is 1. The van der Waals surface area contributed by atoms with E-state index >= 15 is 0 Å². The number of benzene rings is 1. The SMILES string of the molecule is CC(O)(CCS(C)(=O)=O)c1cc2cc([N+](=O)[O-])c(C(F)(F)F)c3c2n1-3. The summed E-state index contributed by atoms with van der Waals surface area (Å²) in [6.45, 7) is 1.30. The molecule has 2 heterocycles. The van der Waals surface area contributed by atoms with Gasteiger partial charge in [0.1, 0.15) is 15.4 Å². The van der Waals surface area contributed by atoms with Crippen molar-refractivity contribution in [3.05, 3.63) is 33.5 Å². The number of aliphatic hydroxyl groups is 1. The maximum absolute atomic E-state index is 13.3. The van der Waals surface area contributed by atoms with Crippen molar-refractivity contribution in [2.45, 2.75) is 25.1 Å². The number of nitrogens with zero attached hydrogens (tertiary/aromatic N) is 2. The first-order valence-electron chi connectivity index (χ1n) is 7.09. The molecule has 11 heteroatoms. The second-order valence-corrected chi connectivity index (χ2v) is 8.59. The van der Waals surface area contributed by atoms with Gasteiger partial charge in [-0.05, 0) is 19.4 Å². The van der Waals surface area contributed by atoms with Crippen LogP contribution in [0, 0.1) is 10.1 Å². The van der Waals surface area contributed by atoms with E-state index in [9.17, 15) is 36.8 Å². The standard InChI is InChI=1S/C14H13F3N2O5S/c1-13(20,3-4-25(2,23)24)9-6-7-5-8(19(21)22)10(14(15,16)17)12-11(7)18(9)12/h5-6,20H,3-4H2,1-2H3. The Balaban J connectivity index is 2.11. The molecule has 0 bridgehead atoms. The van der Waals surface area contributed by atoms with Crippen LogP contribution in [0.5, 0.6) is 0 Å². The Morgan fingerprint density at radius 3 is 2.40 bits per heavy atom. The number of hydrogen-bond acceptors (Lipinski definition) is 5. The fourth-order valence-corrected chi connectivity index (χ4v) is 3.73. The molecule has 2 aromatic rings. The van der Waals surface area contributed by atoms with Crippen LogP contribution in [0.25, 0.3) is 16.6 Å². The average Bonchev–Trinajstić information content (AvgIpc) is 2.99. The molecule has 136 valence electrons. The molecule has 1 unspecified atom stereocenters. The highest BCUT2D eigenvalue weighted by Gasteiger charge is 2.49. The van der Waals surface area contributed by atoms with E-state index in [0.717, 1.165) is 16.9 Å². The highest BCUT2D eigenvalue weighted by atomic mass is 32.2. The van der Waals surface area contributed by atoms with Crippen LogP contribution in [0.1, 0.15) is 24.6 Å². The van der Waals surface area contributed by atoms with E-state index in [4.69, 9.17) is 0 Å². The molecule has 1 aromatic carbocycles. The van der Waals surface area contributed by atoms with Crippen molar-refractivity contribution in [1.82, 2.24) is 4.57 Å². The Kier molecular flexibility index (Phi) is 3.50. The van der Waals surface area contributed by atoms with Crippen molar-refractivity contribution in [1.29, 1.82) is 0 Å². The van der Waals surface area contributed by atoms with Gasteiger partial charge in [-0.3, -0.25) is 10.1 Å². The number of halogens is 3. The predicted octanol–water partition coefficient (Wildman–Crippen LogP) is 2.51. The third-order valence-corrected chi connectivity index (χ3v) is 5.15. The number of fused-ring (bicyclic) bond motifs is 1. The Labute approximate surface area is 139 Å². The fraction of sp³-hybridized carbons (Fsp3) is 0.429. The molecule has 3 rings (SSSR count). The molecule has 0 radical (unpaired) electrons. The number of pyridine rings is 1. The Hall–Kier alpha value is -2.14. The highest BCUT2D eigenvalue weighted by molar-refractivity contribution is 7.90. The minimum atomic E-state index is -4.93. The smallest absolute Gasteiger partial charge is 0.384 e. The summed E-state index contributed by atoms with van der Waals surface area (Å²) >= 11 is 0. The summed E-state index contributed by atoms with van der Waals surface area (Å²) in [7, 11) is -3.38. The minimum Gasteiger partial charge on any atom is -0.384 e. The molecule has 1 aliphatic heterocycles. The van der Waals surface area contributed by atoms with Crippen molar-refractivity contribution in [2.24, 2.45) is 0 Å². The monoisotopic (exact) mass is 378 g/mol. The first-order valence-corrected chi connectivity index (χ1v) is 9.15. The molecular weight excluding hydrogens is 365 g/mol. The van der Waals surface area contributed by atoms with E-state index in [-0.39, 0.29) is 34.5 Å². The second-order valence-electron chi connectivity index (χ2n) is 6.33. The highest BCUT2D eigenvalue weighted by Crippen LogP contribution is 2.53. The number of aromatic nitrogens is 1. The number of rotatable bonds is 5. The summed E-state index contributed by atoms with van der Waals surface area (Å²) in [5, 5.41) is 21.7. The quantitative estimate of drug-likeness (QED) is 0.543. The summed E-state index contributed by atoms with van der Waals surface area (Å²) in [5.74, 6) is -0.350. The molecule has 1 atom stereocenters. The van der Waals surface area contributed by atoms with E-state index in [2.05, 4.69) is 0 Å². The van der Waals surface area contributed by atoms with Gasteiger partial charge >= 0.3 is 6.18 Å². The van der Waals surface area contributed by atoms with Crippen molar-refractivity contribution < 1.29 is 31.6 Å². The minimum absolute atomic E-state index is 0.0801. The van der Waals surface area contributed by atoms with E-state index in [0.29, 0.717) is 0 Å². The van der Waals surface area contributed by atoms with Crippen molar-refractivity contribution in [2.75, 3.05) is 12.0 Å². The van der Waals surface area contributed by atoms with Gasteiger partial charge in [0.2, 0.25) is 0 Å². The van der Waals surface area contributed by atoms with Crippen LogP contribution in [-0.2, 0) is 21.6 Å². The summed E-state index contributed by atoms with van der Waals surface area (Å²) in [6.07, 6.45) is -4.16. The Morgan fingerprint density at radius 1 is 1.32 bits per heavy atom. The maximum atomic E-state index is 13.3. The summed E-state index contributed by atoms with van der Waals surface area (Å²) in [6, 6.07) is 2.17. The average molecular weight is 378 g/mol. The summed E-state index contributed by atoms with van der Waals surface area (Å²) in [5.41, 5.74) is -4.22. The van der Waals surface area contributed by atoms with Crippen LogP contribution in [0.4, 0.5) is 18.9 Å². The van der Waals surface area contributed by atoms with Crippen LogP contribution in [0.2, 0.25) is 0 Å². The lowest BCUT2D eigenvalue weighted by Crippen LogP contribution is -2.26. The Bertz CT molecular complexity index is 1020. The van der Waals surface area contributed by atoms with Crippen LogP contribution >= 0.6 is 0 Å². The zero-order valence-electron chi connectivity index (χ0n) is 13.1. The zero-order valence-corrected chi connectivity index (χ0v) is 13.9. The van der Waals surface area contributed by atoms with Crippen LogP contribution in [0.3, 0.4) is 0 Å². The molecule has 0 fully saturated rings. The number of hydrogen-bond donors (Lipinski definition) is 1. The van der Waals surface area contributed by atoms with Crippen LogP contribution in [-0.4, -0.2) is 35.0 Å². The van der Waals surface area contributed by atoms with Gasteiger partial charge in [-0.15, -0.1) is 0 Å². The van der Waals surface area contributed by atoms with E-state index in [1.54, 1.807) is 0 Å². The third-order valence-electron chi connectivity index (χ3n) is 4.20. The van der Waals surface area contributed by atoms with Gasteiger partial charge < -0.3 is 9.67 Å². The lowest BCUT2D eigenvalue weighted by atomic mass is 9.97. The predicted molar refractivity (Wildman–Crippen MR) is 82.4 cm³/mol. The first kappa shape index (κ1) is 17.7. The van der Waals surface area contributed by atoms with Crippen molar-refractivity contribution >= 4 is 26.4 Å². The molecule has 0 aliphatic carbocycles. The number of nitro groups is 1. The van der Waals surface area contributed by atoms with Gasteiger partial charge in [0.15, 0.2) is 5.56 Å². The van der Waals surface area contributed by atoms with Crippen molar-refractivity contribution in [3.63, 3.8) is 0 Å². The van der Waals surface area contributed by atoms with Gasteiger partial charge in [-0.1, -0.05) is 0 Å². The van der Waals surface area contributed by atoms with Gasteiger partial charge in [-0.25, -0.2) is 8.42 Å². The molecule has 1 aromatic heterocycles. The van der Waals surface area contributed by atoms with E-state index in [1.807, 2.05) is 0 Å². The van der Waals surface area contributed by atoms with E-state index in [1.165, 1.54) is 13.0 Å². The first-order chi connectivity index (χ1) is 11.2. The maximum Gasteiger partial charge on any atom is 0.425 e. The van der Waals surface area contributed by atoms with Crippen molar-refractivity contribution in [3.8, 4) is 5.69 Å². The third kappa shape index (κ3) is 2.86. The molecule has 7 nitrogen and oxygen atoms in total. The second kappa shape index (κ2) is 4.94. The molecule has 25 heavy (non-hydrogen) atoms. The Morgan fingerprint density at radius 2 is 1.92 bits per heavy atom. The van der Waals surface area contributed by atoms with E-state index < -0.39 is 37.8 Å². The fourth-order valence-electron chi connectivity index (χ4n) is 2.96. The lowest BCUT2D eigenvalue weighted by Gasteiger charge is -2.23. The largest absolute Gasteiger partial charge is 0.425 e. The topological polar surface area (TPSA) is 102 Å². The summed E-state index contributed by atoms with van der Waals surface area (Å²) < 4.78 is 63.5. The molecule has 1 aliphatic rings. The lowest BCUT2D eigenvalue weighted by molar-refractivity contribution is -0.387. The zero-order chi connectivity index (χ0) is 18.9. The molecule has 0 saturated heterocycles. The van der Waals surface area contributed by atoms with Gasteiger partial charge in [0.25, 0.3) is 5.69 Å². The van der Waals surface area contributed by atoms with Crippen LogP contribution in [0.15, 0.2) is 12.1 Å². The molecule has 0 saturated carbocycles. The molecule has 0 spiro atoms. The van der Waals surface area contributed by atoms with Crippen LogP contribution < -0.4 is 0 Å². The molecule has 1 N–H and O–H groups in total. The normalized spacial score (nSPS) is 16.1.